The highest BCUT2D eigenvalue weighted by Crippen LogP contribution is 2.38. The Kier molecular flexibility index (Phi) is 7.98. The highest BCUT2D eigenvalue weighted by Gasteiger charge is 2.39. The Morgan fingerprint density at radius 2 is 1.70 bits per heavy atom. The number of aromatic nitrogens is 4. The third kappa shape index (κ3) is 7.11. The predicted octanol–water partition coefficient (Wildman–Crippen LogP) is 3.77. The highest BCUT2D eigenvalue weighted by atomic mass is 32.2. The number of rotatable bonds is 7. The number of alkyl halides is 6. The molecule has 17 heteroatoms. The standard InChI is InChI=1S/C26H29F6N7O3S/c1-24(40)13-37(14-24)11-16-3-4-21(18(9-16)25(27,28)29)38-12-20(34-15-38)22-19(26(30,31)32)10-33-23(36-22)35-17-5-7-39(8-6-17)43(2,41)42/h3-4,9-10,12,15,17,40H,5-8,11,13-14H2,1-2H3,(H,33,35,36). The molecule has 2 aromatic heterocycles. The van der Waals surface area contributed by atoms with Crippen LogP contribution in [-0.4, -0.2) is 86.3 Å². The van der Waals surface area contributed by atoms with E-state index in [0.717, 1.165) is 29.4 Å². The quantitative estimate of drug-likeness (QED) is 0.378. The van der Waals surface area contributed by atoms with Crippen LogP contribution in [0, 0.1) is 0 Å². The highest BCUT2D eigenvalue weighted by molar-refractivity contribution is 7.88. The first kappa shape index (κ1) is 31.2. The molecule has 2 fully saturated rings. The van der Waals surface area contributed by atoms with Gasteiger partial charge in [0, 0.05) is 51.2 Å². The summed E-state index contributed by atoms with van der Waals surface area (Å²) in [4.78, 5) is 13.6. The Morgan fingerprint density at radius 1 is 1.05 bits per heavy atom. The molecule has 10 nitrogen and oxygen atoms in total. The van der Waals surface area contributed by atoms with Crippen molar-refractivity contribution in [1.82, 2.24) is 28.7 Å². The largest absolute Gasteiger partial charge is 0.420 e. The third-order valence-electron chi connectivity index (χ3n) is 7.35. The van der Waals surface area contributed by atoms with Crippen LogP contribution in [0.25, 0.3) is 17.1 Å². The van der Waals surface area contributed by atoms with Crippen LogP contribution in [-0.2, 0) is 28.9 Å². The molecule has 3 aromatic rings. The van der Waals surface area contributed by atoms with E-state index < -0.39 is 44.8 Å². The van der Waals surface area contributed by atoms with E-state index in [2.05, 4.69) is 20.3 Å². The Labute approximate surface area is 243 Å². The SMILES string of the molecule is CC1(O)CN(Cc2ccc(-n3cnc(-c4nc(NC5CCN(S(C)(=O)=O)CC5)ncc4C(F)(F)F)c3)c(C(F)(F)F)c2)C1. The number of likely N-dealkylation sites (tertiary alicyclic amines) is 1. The lowest BCUT2D eigenvalue weighted by atomic mass is 9.96. The fourth-order valence-corrected chi connectivity index (χ4v) is 6.24. The number of hydrogen-bond donors (Lipinski definition) is 2. The molecule has 0 atom stereocenters. The minimum absolute atomic E-state index is 0.152. The maximum atomic E-state index is 14.1. The lowest BCUT2D eigenvalue weighted by Gasteiger charge is -2.44. The lowest BCUT2D eigenvalue weighted by Crippen LogP contribution is -2.59. The van der Waals surface area contributed by atoms with Crippen molar-refractivity contribution >= 4 is 16.0 Å². The molecule has 0 spiro atoms. The van der Waals surface area contributed by atoms with Gasteiger partial charge in [0.2, 0.25) is 16.0 Å². The number of sulfonamides is 1. The van der Waals surface area contributed by atoms with Crippen LogP contribution in [0.5, 0.6) is 0 Å². The van der Waals surface area contributed by atoms with Gasteiger partial charge in [-0.25, -0.2) is 27.7 Å². The number of halogens is 6. The molecule has 2 saturated heterocycles. The number of imidazole rings is 1. The molecule has 1 aromatic carbocycles. The summed E-state index contributed by atoms with van der Waals surface area (Å²) in [5.74, 6) is -0.152. The molecule has 234 valence electrons. The second-order valence-corrected chi connectivity index (χ2v) is 13.2. The number of piperidine rings is 1. The van der Waals surface area contributed by atoms with Crippen molar-refractivity contribution in [2.45, 2.75) is 50.3 Å². The fourth-order valence-electron chi connectivity index (χ4n) is 5.37. The third-order valence-corrected chi connectivity index (χ3v) is 8.66. The average Bonchev–Trinajstić information content (AvgIpc) is 3.36. The minimum atomic E-state index is -4.88. The van der Waals surface area contributed by atoms with E-state index in [9.17, 15) is 39.9 Å². The lowest BCUT2D eigenvalue weighted by molar-refractivity contribution is -0.138. The van der Waals surface area contributed by atoms with E-state index in [1.807, 2.05) is 0 Å². The summed E-state index contributed by atoms with van der Waals surface area (Å²) >= 11 is 0. The summed E-state index contributed by atoms with van der Waals surface area (Å²) in [5, 5.41) is 12.8. The summed E-state index contributed by atoms with van der Waals surface area (Å²) in [6, 6.07) is 3.38. The Balaban J connectivity index is 1.42. The van der Waals surface area contributed by atoms with E-state index in [1.54, 1.807) is 11.8 Å². The molecular weight excluding hydrogens is 604 g/mol. The van der Waals surface area contributed by atoms with Crippen LogP contribution in [0.4, 0.5) is 32.3 Å². The average molecular weight is 634 g/mol. The van der Waals surface area contributed by atoms with Crippen LogP contribution in [0.3, 0.4) is 0 Å². The number of nitrogens with one attached hydrogen (secondary N) is 1. The molecule has 0 bridgehead atoms. The number of nitrogens with zero attached hydrogens (tertiary/aromatic N) is 6. The first-order valence-corrected chi connectivity index (χ1v) is 15.1. The first-order chi connectivity index (χ1) is 19.9. The smallest absolute Gasteiger partial charge is 0.388 e. The van der Waals surface area contributed by atoms with Crippen molar-refractivity contribution in [3.05, 3.63) is 53.6 Å². The maximum Gasteiger partial charge on any atom is 0.420 e. The van der Waals surface area contributed by atoms with Gasteiger partial charge in [-0.1, -0.05) is 6.07 Å². The van der Waals surface area contributed by atoms with Crippen molar-refractivity contribution in [2.75, 3.05) is 37.8 Å². The van der Waals surface area contributed by atoms with Crippen LogP contribution >= 0.6 is 0 Å². The van der Waals surface area contributed by atoms with Gasteiger partial charge in [-0.3, -0.25) is 4.90 Å². The molecule has 2 aliphatic heterocycles. The van der Waals surface area contributed by atoms with Crippen LogP contribution in [0.1, 0.15) is 36.5 Å². The fraction of sp³-hybridized carbons (Fsp3) is 0.500. The summed E-state index contributed by atoms with van der Waals surface area (Å²) in [5.41, 5.74) is -4.00. The normalized spacial score (nSPS) is 18.9. The van der Waals surface area contributed by atoms with Crippen molar-refractivity contribution in [3.63, 3.8) is 0 Å². The van der Waals surface area contributed by atoms with Crippen molar-refractivity contribution < 1.29 is 39.9 Å². The summed E-state index contributed by atoms with van der Waals surface area (Å²) in [6.07, 6.45) is -5.20. The van der Waals surface area contributed by atoms with Crippen molar-refractivity contribution in [3.8, 4) is 17.1 Å². The topological polar surface area (TPSA) is 116 Å². The van der Waals surface area contributed by atoms with E-state index >= 15 is 0 Å². The number of benzene rings is 1. The Hall–Kier alpha value is -3.28. The monoisotopic (exact) mass is 633 g/mol. The number of hydrogen-bond acceptors (Lipinski definition) is 8. The van der Waals surface area contributed by atoms with Crippen molar-refractivity contribution in [2.24, 2.45) is 0 Å². The van der Waals surface area contributed by atoms with Gasteiger partial charge >= 0.3 is 12.4 Å². The molecule has 0 amide bonds. The molecule has 2 N–H and O–H groups in total. The van der Waals surface area contributed by atoms with Gasteiger partial charge < -0.3 is 15.0 Å². The molecule has 43 heavy (non-hydrogen) atoms. The predicted molar refractivity (Wildman–Crippen MR) is 144 cm³/mol. The molecule has 4 heterocycles. The van der Waals surface area contributed by atoms with Gasteiger partial charge in [-0.2, -0.15) is 26.3 Å². The molecule has 2 aliphatic rings. The van der Waals surface area contributed by atoms with Gasteiger partial charge in [0.05, 0.1) is 29.4 Å². The van der Waals surface area contributed by atoms with Crippen LogP contribution in [0.2, 0.25) is 0 Å². The molecule has 0 saturated carbocycles. The van der Waals surface area contributed by atoms with Crippen LogP contribution in [0.15, 0.2) is 36.9 Å². The van der Waals surface area contributed by atoms with Crippen LogP contribution < -0.4 is 5.32 Å². The number of aliphatic hydroxyl groups is 1. The number of β-amino-alcohol motifs (C(OH)–C–C–N with tert-alkyl or cyclic N) is 1. The Bertz CT molecular complexity index is 1590. The van der Waals surface area contributed by atoms with Gasteiger partial charge in [0.25, 0.3) is 0 Å². The van der Waals surface area contributed by atoms with Gasteiger partial charge in [-0.15, -0.1) is 0 Å². The zero-order valence-corrected chi connectivity index (χ0v) is 23.9. The second-order valence-electron chi connectivity index (χ2n) is 11.2. The summed E-state index contributed by atoms with van der Waals surface area (Å²) in [7, 11) is -3.37. The van der Waals surface area contributed by atoms with E-state index in [4.69, 9.17) is 0 Å². The zero-order valence-electron chi connectivity index (χ0n) is 23.1. The first-order valence-electron chi connectivity index (χ1n) is 13.2. The van der Waals surface area contributed by atoms with E-state index in [0.29, 0.717) is 37.7 Å². The second kappa shape index (κ2) is 11.0. The van der Waals surface area contributed by atoms with Crippen molar-refractivity contribution in [1.29, 1.82) is 0 Å². The maximum absolute atomic E-state index is 14.1. The van der Waals surface area contributed by atoms with Gasteiger partial charge in [0.15, 0.2) is 0 Å². The van der Waals surface area contributed by atoms with E-state index in [1.165, 1.54) is 16.4 Å². The molecule has 0 unspecified atom stereocenters. The minimum Gasteiger partial charge on any atom is -0.388 e. The van der Waals surface area contributed by atoms with E-state index in [-0.39, 0.29) is 43.0 Å². The Morgan fingerprint density at radius 3 is 2.28 bits per heavy atom. The summed E-state index contributed by atoms with van der Waals surface area (Å²) < 4.78 is 110. The van der Waals surface area contributed by atoms with Gasteiger partial charge in [-0.05, 0) is 37.5 Å². The molecule has 0 radical (unpaired) electrons. The van der Waals surface area contributed by atoms with Gasteiger partial charge in [0.1, 0.15) is 17.0 Å². The number of anilines is 1. The summed E-state index contributed by atoms with van der Waals surface area (Å²) in [6.45, 7) is 2.89. The molecule has 0 aliphatic carbocycles. The molecular formula is C26H29F6N7O3S. The zero-order chi connectivity index (χ0) is 31.4. The molecule has 5 rings (SSSR count).